The van der Waals surface area contributed by atoms with E-state index in [9.17, 15) is 21.6 Å². The van der Waals surface area contributed by atoms with E-state index >= 15 is 0 Å². The van der Waals surface area contributed by atoms with Crippen molar-refractivity contribution in [2.75, 3.05) is 24.6 Å². The Balaban J connectivity index is 1.84. The summed E-state index contributed by atoms with van der Waals surface area (Å²) in [6.07, 6.45) is -3.32. The van der Waals surface area contributed by atoms with Crippen LogP contribution in [0.25, 0.3) is 0 Å². The molecule has 0 bridgehead atoms. The maximum absolute atomic E-state index is 12.2. The Morgan fingerprint density at radius 3 is 2.74 bits per heavy atom. The number of sulfone groups is 1. The first kappa shape index (κ1) is 18.1. The van der Waals surface area contributed by atoms with Crippen LogP contribution >= 0.6 is 0 Å². The zero-order valence-corrected chi connectivity index (χ0v) is 13.7. The highest BCUT2D eigenvalue weighted by molar-refractivity contribution is 7.91. The number of hydrogen-bond acceptors (Lipinski definition) is 4. The third-order valence-corrected chi connectivity index (χ3v) is 5.65. The van der Waals surface area contributed by atoms with Crippen molar-refractivity contribution in [2.24, 2.45) is 0 Å². The molecule has 0 saturated carbocycles. The van der Waals surface area contributed by atoms with Crippen molar-refractivity contribution in [3.8, 4) is 5.75 Å². The molecular formula is C15H20F3NO3S. The molecule has 1 aliphatic heterocycles. The highest BCUT2D eigenvalue weighted by Gasteiger charge is 2.31. The lowest BCUT2D eigenvalue weighted by Crippen LogP contribution is -2.47. The number of hydrogen-bond donors (Lipinski definition) is 0. The van der Waals surface area contributed by atoms with Crippen LogP contribution < -0.4 is 4.74 Å². The fourth-order valence-corrected chi connectivity index (χ4v) is 4.37. The Bertz CT molecular complexity index is 631. The smallest absolute Gasteiger partial charge is 0.406 e. The van der Waals surface area contributed by atoms with E-state index in [0.717, 1.165) is 18.5 Å². The van der Waals surface area contributed by atoms with Crippen molar-refractivity contribution >= 4 is 9.84 Å². The molecule has 1 fully saturated rings. The van der Waals surface area contributed by atoms with Crippen molar-refractivity contribution in [1.82, 2.24) is 4.90 Å². The maximum atomic E-state index is 12.2. The fourth-order valence-electron chi connectivity index (χ4n) is 2.75. The van der Waals surface area contributed by atoms with Gasteiger partial charge in [0, 0.05) is 12.6 Å². The van der Waals surface area contributed by atoms with E-state index < -0.39 is 16.2 Å². The second-order valence-electron chi connectivity index (χ2n) is 5.80. The zero-order valence-electron chi connectivity index (χ0n) is 12.8. The topological polar surface area (TPSA) is 46.6 Å². The number of rotatable bonds is 5. The normalized spacial score (nSPS) is 22.0. The van der Waals surface area contributed by atoms with E-state index in [1.54, 1.807) is 6.07 Å². The van der Waals surface area contributed by atoms with Crippen LogP contribution in [0.5, 0.6) is 5.75 Å². The molecule has 1 aliphatic rings. The molecule has 0 radical (unpaired) electrons. The second kappa shape index (κ2) is 7.09. The summed E-state index contributed by atoms with van der Waals surface area (Å²) in [7, 11) is -2.93. The number of aryl methyl sites for hydroxylation is 1. The summed E-state index contributed by atoms with van der Waals surface area (Å²) in [5.74, 6) is 0.126. The molecule has 1 aromatic carbocycles. The van der Waals surface area contributed by atoms with Gasteiger partial charge in [0.15, 0.2) is 9.84 Å². The van der Waals surface area contributed by atoms with Gasteiger partial charge in [-0.3, -0.25) is 4.90 Å². The third-order valence-electron chi connectivity index (χ3n) is 3.85. The molecule has 0 amide bonds. The van der Waals surface area contributed by atoms with E-state index in [0.29, 0.717) is 13.0 Å². The minimum atomic E-state index is -4.69. The number of ether oxygens (including phenoxy) is 1. The molecular weight excluding hydrogens is 331 g/mol. The number of benzene rings is 1. The van der Waals surface area contributed by atoms with Crippen LogP contribution in [0.2, 0.25) is 0 Å². The van der Waals surface area contributed by atoms with Crippen LogP contribution in [0, 0.1) is 0 Å². The van der Waals surface area contributed by atoms with Crippen LogP contribution in [0.15, 0.2) is 24.3 Å². The van der Waals surface area contributed by atoms with Gasteiger partial charge in [0.1, 0.15) is 5.75 Å². The minimum absolute atomic E-state index is 0.0198. The molecule has 0 spiro atoms. The van der Waals surface area contributed by atoms with Gasteiger partial charge in [-0.25, -0.2) is 8.42 Å². The number of halogens is 3. The SMILES string of the molecule is C[C@H]1CS(=O)(=O)CCN1CCCc1cccc(OC(F)(F)F)c1. The predicted octanol–water partition coefficient (Wildman–Crippen LogP) is 2.64. The van der Waals surface area contributed by atoms with Crippen LogP contribution in [0.1, 0.15) is 18.9 Å². The molecule has 1 aromatic rings. The van der Waals surface area contributed by atoms with Gasteiger partial charge in [0.25, 0.3) is 0 Å². The van der Waals surface area contributed by atoms with Gasteiger partial charge in [0.05, 0.1) is 11.5 Å². The molecule has 1 heterocycles. The van der Waals surface area contributed by atoms with Gasteiger partial charge in [-0.2, -0.15) is 0 Å². The van der Waals surface area contributed by atoms with Gasteiger partial charge < -0.3 is 4.74 Å². The Labute approximate surface area is 134 Å². The first-order valence-electron chi connectivity index (χ1n) is 7.44. The molecule has 0 aromatic heterocycles. The highest BCUT2D eigenvalue weighted by atomic mass is 32.2. The average molecular weight is 351 g/mol. The Kier molecular flexibility index (Phi) is 5.57. The van der Waals surface area contributed by atoms with Crippen LogP contribution in [-0.2, 0) is 16.3 Å². The van der Waals surface area contributed by atoms with E-state index in [-0.39, 0.29) is 23.3 Å². The minimum Gasteiger partial charge on any atom is -0.406 e. The molecule has 4 nitrogen and oxygen atoms in total. The van der Waals surface area contributed by atoms with Crippen LogP contribution in [0.3, 0.4) is 0 Å². The van der Waals surface area contributed by atoms with Crippen molar-refractivity contribution in [2.45, 2.75) is 32.2 Å². The maximum Gasteiger partial charge on any atom is 0.573 e. The van der Waals surface area contributed by atoms with Crippen LogP contribution in [0.4, 0.5) is 13.2 Å². The summed E-state index contributed by atoms with van der Waals surface area (Å²) in [4.78, 5) is 2.11. The summed E-state index contributed by atoms with van der Waals surface area (Å²) < 4.78 is 63.5. The van der Waals surface area contributed by atoms with Gasteiger partial charge >= 0.3 is 6.36 Å². The molecule has 0 unspecified atom stereocenters. The zero-order chi connectivity index (χ0) is 17.1. The second-order valence-corrected chi connectivity index (χ2v) is 8.03. The lowest BCUT2D eigenvalue weighted by Gasteiger charge is -2.33. The van der Waals surface area contributed by atoms with Gasteiger partial charge in [-0.1, -0.05) is 12.1 Å². The van der Waals surface area contributed by atoms with E-state index in [1.165, 1.54) is 18.2 Å². The van der Waals surface area contributed by atoms with Crippen molar-refractivity contribution in [3.05, 3.63) is 29.8 Å². The van der Waals surface area contributed by atoms with E-state index in [2.05, 4.69) is 9.64 Å². The summed E-state index contributed by atoms with van der Waals surface area (Å²) >= 11 is 0. The molecule has 2 rings (SSSR count). The van der Waals surface area contributed by atoms with Crippen molar-refractivity contribution in [1.29, 1.82) is 0 Å². The summed E-state index contributed by atoms with van der Waals surface area (Å²) in [5.41, 5.74) is 0.768. The number of alkyl halides is 3. The monoisotopic (exact) mass is 351 g/mol. The lowest BCUT2D eigenvalue weighted by atomic mass is 10.1. The van der Waals surface area contributed by atoms with Crippen molar-refractivity contribution < 1.29 is 26.3 Å². The average Bonchev–Trinajstić information content (AvgIpc) is 2.39. The molecule has 23 heavy (non-hydrogen) atoms. The predicted molar refractivity (Wildman–Crippen MR) is 81.1 cm³/mol. The quantitative estimate of drug-likeness (QED) is 0.818. The first-order valence-corrected chi connectivity index (χ1v) is 9.26. The Morgan fingerprint density at radius 1 is 1.35 bits per heavy atom. The summed E-state index contributed by atoms with van der Waals surface area (Å²) in [5, 5.41) is 0. The molecule has 8 heteroatoms. The molecule has 130 valence electrons. The van der Waals surface area contributed by atoms with Gasteiger partial charge in [-0.15, -0.1) is 13.2 Å². The Hall–Kier alpha value is -1.28. The van der Waals surface area contributed by atoms with Crippen LogP contribution in [-0.4, -0.2) is 50.3 Å². The van der Waals surface area contributed by atoms with Crippen molar-refractivity contribution in [3.63, 3.8) is 0 Å². The standard InChI is InChI=1S/C15H20F3NO3S/c1-12-11-23(20,21)9-8-19(12)7-3-5-13-4-2-6-14(10-13)22-15(16,17)18/h2,4,6,10,12H,3,5,7-9,11H2,1H3/t12-/m0/s1. The Morgan fingerprint density at radius 2 is 2.09 bits per heavy atom. The molecule has 1 saturated heterocycles. The van der Waals surface area contributed by atoms with Gasteiger partial charge in [-0.05, 0) is 44.0 Å². The lowest BCUT2D eigenvalue weighted by molar-refractivity contribution is -0.274. The fraction of sp³-hybridized carbons (Fsp3) is 0.600. The van der Waals surface area contributed by atoms with E-state index in [4.69, 9.17) is 0 Å². The molecule has 1 atom stereocenters. The first-order chi connectivity index (χ1) is 10.6. The van der Waals surface area contributed by atoms with E-state index in [1.807, 2.05) is 6.92 Å². The molecule has 0 N–H and O–H groups in total. The third kappa shape index (κ3) is 6.02. The highest BCUT2D eigenvalue weighted by Crippen LogP contribution is 2.24. The largest absolute Gasteiger partial charge is 0.573 e. The van der Waals surface area contributed by atoms with Gasteiger partial charge in [0.2, 0.25) is 0 Å². The summed E-state index contributed by atoms with van der Waals surface area (Å²) in [6.45, 7) is 3.12. The summed E-state index contributed by atoms with van der Waals surface area (Å²) in [6, 6.07) is 5.93. The molecule has 0 aliphatic carbocycles. The number of nitrogens with zero attached hydrogens (tertiary/aromatic N) is 1.